The van der Waals surface area contributed by atoms with Gasteiger partial charge in [-0.15, -0.1) is 28.2 Å². The van der Waals surface area contributed by atoms with E-state index >= 15 is 0 Å². The average molecular weight is 400 g/mol. The van der Waals surface area contributed by atoms with Crippen molar-refractivity contribution in [2.75, 3.05) is 12.8 Å². The predicted octanol–water partition coefficient (Wildman–Crippen LogP) is 4.36. The SMILES string of the molecule is CSc1ccccc1C(c1nnnn1C(C)(C)C)N1CCc2sccc2C1. The zero-order valence-electron chi connectivity index (χ0n) is 16.2. The molecule has 3 heterocycles. The number of thiophene rings is 1. The summed E-state index contributed by atoms with van der Waals surface area (Å²) in [7, 11) is 0. The van der Waals surface area contributed by atoms with Crippen LogP contribution >= 0.6 is 23.1 Å². The lowest BCUT2D eigenvalue weighted by Gasteiger charge is -2.36. The first-order chi connectivity index (χ1) is 13.0. The third-order valence-electron chi connectivity index (χ3n) is 5.01. The molecule has 0 bridgehead atoms. The molecule has 4 rings (SSSR count). The number of benzene rings is 1. The molecule has 142 valence electrons. The van der Waals surface area contributed by atoms with Crippen molar-refractivity contribution in [1.82, 2.24) is 25.1 Å². The summed E-state index contributed by atoms with van der Waals surface area (Å²) in [5.41, 5.74) is 2.55. The molecular weight excluding hydrogens is 374 g/mol. The summed E-state index contributed by atoms with van der Waals surface area (Å²) < 4.78 is 1.98. The van der Waals surface area contributed by atoms with Crippen LogP contribution in [0, 0.1) is 0 Å². The number of rotatable bonds is 4. The van der Waals surface area contributed by atoms with Gasteiger partial charge in [-0.1, -0.05) is 18.2 Å². The molecule has 1 aliphatic heterocycles. The normalized spacial score (nSPS) is 16.3. The summed E-state index contributed by atoms with van der Waals surface area (Å²) in [6, 6.07) is 10.9. The lowest BCUT2D eigenvalue weighted by atomic mass is 9.99. The van der Waals surface area contributed by atoms with Gasteiger partial charge < -0.3 is 0 Å². The lowest BCUT2D eigenvalue weighted by molar-refractivity contribution is 0.185. The first kappa shape index (κ1) is 18.7. The predicted molar refractivity (Wildman–Crippen MR) is 111 cm³/mol. The van der Waals surface area contributed by atoms with Crippen molar-refractivity contribution >= 4 is 23.1 Å². The van der Waals surface area contributed by atoms with Crippen molar-refractivity contribution in [1.29, 1.82) is 0 Å². The molecule has 7 heteroatoms. The molecule has 0 aliphatic carbocycles. The number of aromatic nitrogens is 4. The van der Waals surface area contributed by atoms with Crippen LogP contribution in [-0.4, -0.2) is 37.9 Å². The van der Waals surface area contributed by atoms with Gasteiger partial charge in [0.25, 0.3) is 0 Å². The van der Waals surface area contributed by atoms with Crippen molar-refractivity contribution in [2.45, 2.75) is 50.2 Å². The summed E-state index contributed by atoms with van der Waals surface area (Å²) >= 11 is 3.65. The Morgan fingerprint density at radius 2 is 2.00 bits per heavy atom. The Kier molecular flexibility index (Phi) is 5.09. The highest BCUT2D eigenvalue weighted by Crippen LogP contribution is 2.38. The van der Waals surface area contributed by atoms with Crippen LogP contribution in [0.4, 0.5) is 0 Å². The zero-order chi connectivity index (χ0) is 19.0. The van der Waals surface area contributed by atoms with Crippen LogP contribution in [0.15, 0.2) is 40.6 Å². The summed E-state index contributed by atoms with van der Waals surface area (Å²) in [5, 5.41) is 15.1. The molecule has 0 amide bonds. The number of fused-ring (bicyclic) bond motifs is 1. The van der Waals surface area contributed by atoms with E-state index < -0.39 is 0 Å². The Balaban J connectivity index is 1.83. The maximum atomic E-state index is 4.51. The van der Waals surface area contributed by atoms with Gasteiger partial charge in [-0.25, -0.2) is 4.68 Å². The minimum atomic E-state index is -0.172. The average Bonchev–Trinajstić information content (AvgIpc) is 3.31. The topological polar surface area (TPSA) is 46.8 Å². The van der Waals surface area contributed by atoms with Gasteiger partial charge in [0.05, 0.1) is 11.6 Å². The van der Waals surface area contributed by atoms with Gasteiger partial charge in [0, 0.05) is 22.9 Å². The number of tetrazole rings is 1. The molecule has 0 radical (unpaired) electrons. The molecule has 5 nitrogen and oxygen atoms in total. The highest BCUT2D eigenvalue weighted by Gasteiger charge is 2.34. The van der Waals surface area contributed by atoms with Crippen LogP contribution < -0.4 is 0 Å². The Morgan fingerprint density at radius 3 is 2.78 bits per heavy atom. The fourth-order valence-corrected chi connectivity index (χ4v) is 5.24. The molecule has 0 spiro atoms. The van der Waals surface area contributed by atoms with E-state index in [2.05, 4.69) is 83.2 Å². The minimum absolute atomic E-state index is 0.0379. The van der Waals surface area contributed by atoms with Crippen LogP contribution in [0.2, 0.25) is 0 Å². The quantitative estimate of drug-likeness (QED) is 0.610. The van der Waals surface area contributed by atoms with Crippen molar-refractivity contribution in [3.8, 4) is 0 Å². The first-order valence-electron chi connectivity index (χ1n) is 9.20. The number of thioether (sulfide) groups is 1. The van der Waals surface area contributed by atoms with Gasteiger partial charge in [0.1, 0.15) is 0 Å². The Morgan fingerprint density at radius 1 is 1.19 bits per heavy atom. The molecule has 0 saturated heterocycles. The van der Waals surface area contributed by atoms with Gasteiger partial charge in [-0.3, -0.25) is 4.90 Å². The molecule has 1 unspecified atom stereocenters. The van der Waals surface area contributed by atoms with E-state index in [0.29, 0.717) is 0 Å². The zero-order valence-corrected chi connectivity index (χ0v) is 17.8. The summed E-state index contributed by atoms with van der Waals surface area (Å²) in [4.78, 5) is 5.32. The Bertz CT molecular complexity index is 924. The van der Waals surface area contributed by atoms with E-state index in [-0.39, 0.29) is 11.6 Å². The molecule has 27 heavy (non-hydrogen) atoms. The number of nitrogens with zero attached hydrogens (tertiary/aromatic N) is 5. The highest BCUT2D eigenvalue weighted by molar-refractivity contribution is 7.98. The van der Waals surface area contributed by atoms with E-state index in [1.54, 1.807) is 11.8 Å². The molecular formula is C20H25N5S2. The van der Waals surface area contributed by atoms with E-state index in [1.165, 1.54) is 20.9 Å². The molecule has 0 saturated carbocycles. The maximum absolute atomic E-state index is 4.51. The second kappa shape index (κ2) is 7.37. The van der Waals surface area contributed by atoms with Gasteiger partial charge in [-0.2, -0.15) is 0 Å². The number of hydrogen-bond acceptors (Lipinski definition) is 6. The second-order valence-electron chi connectivity index (χ2n) is 7.85. The molecule has 0 fully saturated rings. The van der Waals surface area contributed by atoms with Gasteiger partial charge in [0.15, 0.2) is 5.82 Å². The van der Waals surface area contributed by atoms with Gasteiger partial charge in [-0.05, 0) is 72.5 Å². The summed E-state index contributed by atoms with van der Waals surface area (Å²) in [6.45, 7) is 8.40. The largest absolute Gasteiger partial charge is 0.285 e. The van der Waals surface area contributed by atoms with E-state index in [1.807, 2.05) is 16.0 Å². The van der Waals surface area contributed by atoms with Gasteiger partial charge in [0.2, 0.25) is 0 Å². The summed E-state index contributed by atoms with van der Waals surface area (Å²) in [6.07, 6.45) is 3.22. The van der Waals surface area contributed by atoms with Crippen LogP contribution in [-0.2, 0) is 18.5 Å². The first-order valence-corrected chi connectivity index (χ1v) is 11.3. The Hall–Kier alpha value is -1.70. The molecule has 2 aromatic heterocycles. The second-order valence-corrected chi connectivity index (χ2v) is 9.70. The van der Waals surface area contributed by atoms with E-state index in [9.17, 15) is 0 Å². The van der Waals surface area contributed by atoms with Crippen molar-refractivity contribution < 1.29 is 0 Å². The molecule has 1 atom stereocenters. The molecule has 3 aromatic rings. The van der Waals surface area contributed by atoms with Crippen LogP contribution in [0.5, 0.6) is 0 Å². The standard InChI is InChI=1S/C20H25N5S2/c1-20(2,3)25-19(21-22-23-25)18(15-7-5-6-8-17(15)26-4)24-11-9-16-14(13-24)10-12-27-16/h5-8,10,12,18H,9,11,13H2,1-4H3. The lowest BCUT2D eigenvalue weighted by Crippen LogP contribution is -2.38. The Labute approximate surface area is 168 Å². The maximum Gasteiger partial charge on any atom is 0.173 e. The fourth-order valence-electron chi connectivity index (χ4n) is 3.72. The molecule has 0 N–H and O–H groups in total. The fraction of sp³-hybridized carbons (Fsp3) is 0.450. The van der Waals surface area contributed by atoms with Crippen molar-refractivity contribution in [3.05, 3.63) is 57.5 Å². The smallest absolute Gasteiger partial charge is 0.173 e. The van der Waals surface area contributed by atoms with Crippen molar-refractivity contribution in [2.24, 2.45) is 0 Å². The molecule has 1 aromatic carbocycles. The van der Waals surface area contributed by atoms with Crippen LogP contribution in [0.3, 0.4) is 0 Å². The summed E-state index contributed by atoms with van der Waals surface area (Å²) in [5.74, 6) is 0.919. The van der Waals surface area contributed by atoms with E-state index in [0.717, 1.165) is 25.3 Å². The monoisotopic (exact) mass is 399 g/mol. The van der Waals surface area contributed by atoms with Crippen LogP contribution in [0.1, 0.15) is 48.6 Å². The third kappa shape index (κ3) is 3.56. The number of hydrogen-bond donors (Lipinski definition) is 0. The van der Waals surface area contributed by atoms with Gasteiger partial charge >= 0.3 is 0 Å². The highest BCUT2D eigenvalue weighted by atomic mass is 32.2. The minimum Gasteiger partial charge on any atom is -0.285 e. The van der Waals surface area contributed by atoms with E-state index in [4.69, 9.17) is 0 Å². The van der Waals surface area contributed by atoms with Crippen LogP contribution in [0.25, 0.3) is 0 Å². The van der Waals surface area contributed by atoms with Crippen molar-refractivity contribution in [3.63, 3.8) is 0 Å². The third-order valence-corrected chi connectivity index (χ3v) is 6.84. The molecule has 1 aliphatic rings.